The van der Waals surface area contributed by atoms with Gasteiger partial charge in [0.25, 0.3) is 0 Å². The lowest BCUT2D eigenvalue weighted by molar-refractivity contribution is -0.0493. The molecule has 0 spiro atoms. The summed E-state index contributed by atoms with van der Waals surface area (Å²) < 4.78 is 0. The van der Waals surface area contributed by atoms with Crippen molar-refractivity contribution in [1.82, 2.24) is 4.90 Å². The monoisotopic (exact) mass is 245 g/mol. The minimum absolute atomic E-state index is 0.565. The van der Waals surface area contributed by atoms with Gasteiger partial charge in [0, 0.05) is 12.1 Å². The quantitative estimate of drug-likeness (QED) is 0.822. The number of nitrogens with zero attached hydrogens (tertiary/aromatic N) is 1. The van der Waals surface area contributed by atoms with Gasteiger partial charge in [-0.2, -0.15) is 0 Å². The van der Waals surface area contributed by atoms with Gasteiger partial charge < -0.3 is 10.0 Å². The summed E-state index contributed by atoms with van der Waals surface area (Å²) in [5.41, 5.74) is 3.11. The van der Waals surface area contributed by atoms with Crippen molar-refractivity contribution in [1.29, 1.82) is 0 Å². The molecule has 3 rings (SSSR count). The average Bonchev–Trinajstić information content (AvgIpc) is 2.57. The largest absolute Gasteiger partial charge is 0.385 e. The lowest BCUT2D eigenvalue weighted by atomic mass is 9.80. The molecule has 1 aromatic carbocycles. The van der Waals surface area contributed by atoms with Crippen molar-refractivity contribution >= 4 is 0 Å². The predicted octanol–water partition coefficient (Wildman–Crippen LogP) is 2.75. The van der Waals surface area contributed by atoms with Crippen molar-refractivity contribution in [2.45, 2.75) is 57.2 Å². The SMILES string of the molecule is Cc1ccc(C2(O)CC3CCC(C2)N3C)cc1C. The number of benzene rings is 1. The number of aliphatic hydroxyl groups is 1. The maximum atomic E-state index is 11.0. The van der Waals surface area contributed by atoms with Gasteiger partial charge in [-0.15, -0.1) is 0 Å². The molecule has 0 radical (unpaired) electrons. The maximum Gasteiger partial charge on any atom is 0.0926 e. The molecule has 0 saturated carbocycles. The van der Waals surface area contributed by atoms with Crippen LogP contribution in [0.2, 0.25) is 0 Å². The molecule has 0 aromatic heterocycles. The molecular weight excluding hydrogens is 222 g/mol. The maximum absolute atomic E-state index is 11.0. The van der Waals surface area contributed by atoms with Gasteiger partial charge in [0.2, 0.25) is 0 Å². The fourth-order valence-corrected chi connectivity index (χ4v) is 3.71. The molecule has 2 heterocycles. The lowest BCUT2D eigenvalue weighted by Crippen LogP contribution is -2.47. The molecule has 2 unspecified atom stereocenters. The van der Waals surface area contributed by atoms with Gasteiger partial charge in [0.05, 0.1) is 5.60 Å². The summed E-state index contributed by atoms with van der Waals surface area (Å²) in [5, 5.41) is 11.0. The Hall–Kier alpha value is -0.860. The van der Waals surface area contributed by atoms with E-state index < -0.39 is 5.60 Å². The van der Waals surface area contributed by atoms with E-state index in [9.17, 15) is 5.11 Å². The van der Waals surface area contributed by atoms with Gasteiger partial charge in [0.15, 0.2) is 0 Å². The molecule has 18 heavy (non-hydrogen) atoms. The Labute approximate surface area is 110 Å². The summed E-state index contributed by atoms with van der Waals surface area (Å²) in [6.45, 7) is 4.26. The van der Waals surface area contributed by atoms with Crippen LogP contribution in [-0.2, 0) is 5.60 Å². The van der Waals surface area contributed by atoms with E-state index in [1.165, 1.54) is 24.0 Å². The van der Waals surface area contributed by atoms with Crippen LogP contribution >= 0.6 is 0 Å². The van der Waals surface area contributed by atoms with E-state index in [1.807, 2.05) is 0 Å². The second kappa shape index (κ2) is 4.07. The van der Waals surface area contributed by atoms with Gasteiger partial charge in [-0.3, -0.25) is 0 Å². The Bertz CT molecular complexity index is 454. The van der Waals surface area contributed by atoms with Crippen LogP contribution in [0.1, 0.15) is 42.4 Å². The molecule has 0 amide bonds. The molecule has 2 saturated heterocycles. The van der Waals surface area contributed by atoms with Crippen molar-refractivity contribution in [2.75, 3.05) is 7.05 Å². The zero-order valence-electron chi connectivity index (χ0n) is 11.6. The smallest absolute Gasteiger partial charge is 0.0926 e. The molecule has 2 aliphatic heterocycles. The third kappa shape index (κ3) is 1.79. The van der Waals surface area contributed by atoms with E-state index in [-0.39, 0.29) is 0 Å². The van der Waals surface area contributed by atoms with Crippen molar-refractivity contribution < 1.29 is 5.11 Å². The summed E-state index contributed by atoms with van der Waals surface area (Å²) in [4.78, 5) is 2.47. The fraction of sp³-hybridized carbons (Fsp3) is 0.625. The zero-order valence-corrected chi connectivity index (χ0v) is 11.6. The van der Waals surface area contributed by atoms with Crippen LogP contribution in [0.15, 0.2) is 18.2 Å². The molecule has 1 N–H and O–H groups in total. The van der Waals surface area contributed by atoms with Crippen LogP contribution in [0, 0.1) is 13.8 Å². The number of rotatable bonds is 1. The molecule has 2 fully saturated rings. The first-order chi connectivity index (χ1) is 8.49. The van der Waals surface area contributed by atoms with Gasteiger partial charge >= 0.3 is 0 Å². The molecule has 2 heteroatoms. The molecule has 2 aliphatic rings. The lowest BCUT2D eigenvalue weighted by Gasteiger charge is -2.42. The van der Waals surface area contributed by atoms with Crippen LogP contribution in [-0.4, -0.2) is 29.1 Å². The first-order valence-electron chi connectivity index (χ1n) is 7.02. The van der Waals surface area contributed by atoms with E-state index in [0.717, 1.165) is 18.4 Å². The van der Waals surface area contributed by atoms with Crippen LogP contribution in [0.4, 0.5) is 0 Å². The molecule has 0 aliphatic carbocycles. The summed E-state index contributed by atoms with van der Waals surface area (Å²) in [6, 6.07) is 7.57. The summed E-state index contributed by atoms with van der Waals surface area (Å²) in [7, 11) is 2.21. The molecule has 2 bridgehead atoms. The van der Waals surface area contributed by atoms with Crippen molar-refractivity contribution in [3.05, 3.63) is 34.9 Å². The predicted molar refractivity (Wildman–Crippen MR) is 73.6 cm³/mol. The van der Waals surface area contributed by atoms with Crippen molar-refractivity contribution in [3.8, 4) is 0 Å². The Kier molecular flexibility index (Phi) is 2.76. The highest BCUT2D eigenvalue weighted by molar-refractivity contribution is 5.34. The second-order valence-corrected chi connectivity index (χ2v) is 6.29. The minimum Gasteiger partial charge on any atom is -0.385 e. The van der Waals surface area contributed by atoms with Crippen molar-refractivity contribution in [2.24, 2.45) is 0 Å². The molecule has 1 aromatic rings. The van der Waals surface area contributed by atoms with Gasteiger partial charge in [-0.25, -0.2) is 0 Å². The number of piperidine rings is 1. The number of fused-ring (bicyclic) bond motifs is 2. The number of hydrogen-bond donors (Lipinski definition) is 1. The summed E-state index contributed by atoms with van der Waals surface area (Å²) in [5.74, 6) is 0. The van der Waals surface area contributed by atoms with Gasteiger partial charge in [-0.1, -0.05) is 18.2 Å². The highest BCUT2D eigenvalue weighted by Gasteiger charge is 2.46. The van der Waals surface area contributed by atoms with Crippen LogP contribution in [0.5, 0.6) is 0 Å². The van der Waals surface area contributed by atoms with Gasteiger partial charge in [0.1, 0.15) is 0 Å². The second-order valence-electron chi connectivity index (χ2n) is 6.29. The normalized spacial score (nSPS) is 36.0. The van der Waals surface area contributed by atoms with E-state index in [2.05, 4.69) is 44.0 Å². The Morgan fingerprint density at radius 2 is 1.72 bits per heavy atom. The number of aryl methyl sites for hydroxylation is 2. The highest BCUT2D eigenvalue weighted by atomic mass is 16.3. The van der Waals surface area contributed by atoms with E-state index in [4.69, 9.17) is 0 Å². The van der Waals surface area contributed by atoms with Crippen LogP contribution in [0.3, 0.4) is 0 Å². The molecule has 2 nitrogen and oxygen atoms in total. The first-order valence-corrected chi connectivity index (χ1v) is 7.02. The van der Waals surface area contributed by atoms with E-state index in [0.29, 0.717) is 12.1 Å². The molecular formula is C16H23NO. The van der Waals surface area contributed by atoms with Gasteiger partial charge in [-0.05, 0) is 63.3 Å². The standard InChI is InChI=1S/C16H23NO/c1-11-4-5-13(8-12(11)2)16(18)9-14-6-7-15(10-16)17(14)3/h4-5,8,14-15,18H,6-7,9-10H2,1-3H3. The van der Waals surface area contributed by atoms with Crippen molar-refractivity contribution in [3.63, 3.8) is 0 Å². The zero-order chi connectivity index (χ0) is 12.9. The summed E-state index contributed by atoms with van der Waals surface area (Å²) >= 11 is 0. The fourth-order valence-electron chi connectivity index (χ4n) is 3.71. The number of hydrogen-bond acceptors (Lipinski definition) is 2. The minimum atomic E-state index is -0.600. The third-order valence-electron chi connectivity index (χ3n) is 5.18. The Morgan fingerprint density at radius 3 is 2.28 bits per heavy atom. The Morgan fingerprint density at radius 1 is 1.11 bits per heavy atom. The third-order valence-corrected chi connectivity index (χ3v) is 5.18. The molecule has 2 atom stereocenters. The summed E-state index contributed by atoms with van der Waals surface area (Å²) in [6.07, 6.45) is 4.27. The van der Waals surface area contributed by atoms with Crippen LogP contribution < -0.4 is 0 Å². The van der Waals surface area contributed by atoms with E-state index >= 15 is 0 Å². The average molecular weight is 245 g/mol. The van der Waals surface area contributed by atoms with Crippen LogP contribution in [0.25, 0.3) is 0 Å². The topological polar surface area (TPSA) is 23.5 Å². The highest BCUT2D eigenvalue weighted by Crippen LogP contribution is 2.45. The Balaban J connectivity index is 1.93. The molecule has 98 valence electrons. The first kappa shape index (κ1) is 12.2. The van der Waals surface area contributed by atoms with E-state index in [1.54, 1.807) is 0 Å².